The fourth-order valence-electron chi connectivity index (χ4n) is 1.39. The molecule has 2 aromatic rings. The Morgan fingerprint density at radius 3 is 2.94 bits per heavy atom. The van der Waals surface area contributed by atoms with Gasteiger partial charge in [0.25, 0.3) is 0 Å². The number of ether oxygens (including phenoxy) is 1. The molecule has 2 aromatic heterocycles. The van der Waals surface area contributed by atoms with Crippen LogP contribution in [0.5, 0.6) is 5.75 Å². The predicted octanol–water partition coefficient (Wildman–Crippen LogP) is 2.52. The second kappa shape index (κ2) is 5.09. The third-order valence-corrected chi connectivity index (χ3v) is 3.02. The number of aromatic nitrogens is 1. The Kier molecular flexibility index (Phi) is 3.54. The van der Waals surface area contributed by atoms with Crippen LogP contribution in [0.1, 0.15) is 16.3 Å². The molecule has 0 spiro atoms. The van der Waals surface area contributed by atoms with Crippen LogP contribution in [0.25, 0.3) is 0 Å². The molecule has 2 heterocycles. The van der Waals surface area contributed by atoms with Gasteiger partial charge in [-0.1, -0.05) is 6.07 Å². The van der Waals surface area contributed by atoms with Gasteiger partial charge in [0.1, 0.15) is 18.1 Å². The van der Waals surface area contributed by atoms with Gasteiger partial charge in [0.15, 0.2) is 0 Å². The Hall–Kier alpha value is -1.39. The lowest BCUT2D eigenvalue weighted by molar-refractivity contribution is 0.254. The summed E-state index contributed by atoms with van der Waals surface area (Å²) in [5.41, 5.74) is 1.48. The lowest BCUT2D eigenvalue weighted by atomic mass is 10.3. The minimum Gasteiger partial charge on any atom is -0.486 e. The summed E-state index contributed by atoms with van der Waals surface area (Å²) in [6.07, 6.45) is 0. The number of aryl methyl sites for hydroxylation is 1. The Bertz CT molecular complexity index is 454. The van der Waals surface area contributed by atoms with Crippen molar-refractivity contribution in [1.29, 1.82) is 0 Å². The first-order chi connectivity index (χ1) is 7.79. The third-order valence-electron chi connectivity index (χ3n) is 2.17. The highest BCUT2D eigenvalue weighted by molar-refractivity contribution is 7.09. The molecule has 0 aliphatic heterocycles. The molecule has 0 aromatic carbocycles. The van der Waals surface area contributed by atoms with E-state index in [4.69, 9.17) is 9.84 Å². The van der Waals surface area contributed by atoms with E-state index < -0.39 is 0 Å². The number of rotatable bonds is 4. The van der Waals surface area contributed by atoms with Crippen molar-refractivity contribution < 1.29 is 9.84 Å². The van der Waals surface area contributed by atoms with Crippen molar-refractivity contribution in [1.82, 2.24) is 4.98 Å². The summed E-state index contributed by atoms with van der Waals surface area (Å²) >= 11 is 1.65. The number of aliphatic hydroxyl groups is 1. The third kappa shape index (κ3) is 2.59. The van der Waals surface area contributed by atoms with Crippen LogP contribution in [0.4, 0.5) is 0 Å². The van der Waals surface area contributed by atoms with Gasteiger partial charge in [-0.25, -0.2) is 0 Å². The molecule has 16 heavy (non-hydrogen) atoms. The van der Waals surface area contributed by atoms with E-state index in [-0.39, 0.29) is 6.61 Å². The van der Waals surface area contributed by atoms with Gasteiger partial charge in [-0.15, -0.1) is 11.3 Å². The molecule has 2 rings (SSSR count). The first kappa shape index (κ1) is 11.1. The van der Waals surface area contributed by atoms with E-state index in [1.54, 1.807) is 11.3 Å². The Labute approximate surface area is 98.4 Å². The van der Waals surface area contributed by atoms with Crippen LogP contribution in [0.3, 0.4) is 0 Å². The van der Waals surface area contributed by atoms with Gasteiger partial charge in [-0.05, 0) is 30.5 Å². The molecule has 3 nitrogen and oxygen atoms in total. The maximum Gasteiger partial charge on any atom is 0.143 e. The molecule has 0 saturated heterocycles. The quantitative estimate of drug-likeness (QED) is 0.885. The zero-order valence-electron chi connectivity index (χ0n) is 9.01. The maximum absolute atomic E-state index is 9.16. The summed E-state index contributed by atoms with van der Waals surface area (Å²) in [6, 6.07) is 7.74. The van der Waals surface area contributed by atoms with Crippen molar-refractivity contribution in [3.8, 4) is 5.75 Å². The molecule has 0 bridgehead atoms. The second-order valence-electron chi connectivity index (χ2n) is 3.42. The summed E-state index contributed by atoms with van der Waals surface area (Å²) in [5, 5.41) is 11.2. The van der Waals surface area contributed by atoms with Crippen LogP contribution >= 0.6 is 11.3 Å². The van der Waals surface area contributed by atoms with Gasteiger partial charge in [0.2, 0.25) is 0 Å². The number of pyridine rings is 1. The van der Waals surface area contributed by atoms with Gasteiger partial charge < -0.3 is 9.84 Å². The van der Waals surface area contributed by atoms with Crippen LogP contribution in [0.2, 0.25) is 0 Å². The molecule has 0 unspecified atom stereocenters. The van der Waals surface area contributed by atoms with Gasteiger partial charge in [0, 0.05) is 10.6 Å². The minimum atomic E-state index is -0.0958. The molecule has 0 radical (unpaired) electrons. The molecule has 0 aliphatic carbocycles. The summed E-state index contributed by atoms with van der Waals surface area (Å²) in [5.74, 6) is 0.654. The van der Waals surface area contributed by atoms with Crippen LogP contribution in [0.15, 0.2) is 29.6 Å². The van der Waals surface area contributed by atoms with Crippen molar-refractivity contribution in [3.63, 3.8) is 0 Å². The second-order valence-corrected chi connectivity index (χ2v) is 4.46. The number of nitrogens with zero attached hydrogens (tertiary/aromatic N) is 1. The topological polar surface area (TPSA) is 42.4 Å². The Morgan fingerprint density at radius 2 is 2.25 bits per heavy atom. The van der Waals surface area contributed by atoms with E-state index in [1.165, 1.54) is 0 Å². The molecular formula is C12H13NO2S. The van der Waals surface area contributed by atoms with Crippen LogP contribution in [-0.2, 0) is 13.2 Å². The summed E-state index contributed by atoms with van der Waals surface area (Å²) in [6.45, 7) is 2.32. The van der Waals surface area contributed by atoms with E-state index in [2.05, 4.69) is 4.98 Å². The SMILES string of the molecule is Cc1ccc(OCc2cccs2)c(CO)n1. The smallest absolute Gasteiger partial charge is 0.143 e. The average molecular weight is 235 g/mol. The van der Waals surface area contributed by atoms with Crippen molar-refractivity contribution in [3.05, 3.63) is 45.9 Å². The molecule has 0 fully saturated rings. The molecule has 84 valence electrons. The van der Waals surface area contributed by atoms with E-state index in [0.29, 0.717) is 18.1 Å². The lowest BCUT2D eigenvalue weighted by Gasteiger charge is -2.08. The normalized spacial score (nSPS) is 10.4. The lowest BCUT2D eigenvalue weighted by Crippen LogP contribution is -2.00. The Balaban J connectivity index is 2.09. The highest BCUT2D eigenvalue weighted by Gasteiger charge is 2.05. The highest BCUT2D eigenvalue weighted by Crippen LogP contribution is 2.19. The van der Waals surface area contributed by atoms with E-state index in [9.17, 15) is 0 Å². The zero-order chi connectivity index (χ0) is 11.4. The molecule has 4 heteroatoms. The monoisotopic (exact) mass is 235 g/mol. The summed E-state index contributed by atoms with van der Waals surface area (Å²) < 4.78 is 5.62. The molecule has 1 N–H and O–H groups in total. The predicted molar refractivity (Wildman–Crippen MR) is 63.5 cm³/mol. The first-order valence-corrected chi connectivity index (χ1v) is 5.90. The number of thiophene rings is 1. The fourth-order valence-corrected chi connectivity index (χ4v) is 2.00. The maximum atomic E-state index is 9.16. The first-order valence-electron chi connectivity index (χ1n) is 5.02. The van der Waals surface area contributed by atoms with Crippen LogP contribution < -0.4 is 4.74 Å². The molecule has 0 atom stereocenters. The summed E-state index contributed by atoms with van der Waals surface area (Å²) in [7, 11) is 0. The van der Waals surface area contributed by atoms with Crippen LogP contribution in [0, 0.1) is 6.92 Å². The molecule has 0 amide bonds. The van der Waals surface area contributed by atoms with Crippen LogP contribution in [-0.4, -0.2) is 10.1 Å². The van der Waals surface area contributed by atoms with E-state index >= 15 is 0 Å². The van der Waals surface area contributed by atoms with Crippen molar-refractivity contribution in [2.24, 2.45) is 0 Å². The molecular weight excluding hydrogens is 222 g/mol. The van der Waals surface area contributed by atoms with Crippen molar-refractivity contribution >= 4 is 11.3 Å². The highest BCUT2D eigenvalue weighted by atomic mass is 32.1. The molecule has 0 saturated carbocycles. The number of aliphatic hydroxyl groups excluding tert-OH is 1. The van der Waals surface area contributed by atoms with Gasteiger partial charge in [-0.3, -0.25) is 4.98 Å². The number of hydrogen-bond acceptors (Lipinski definition) is 4. The van der Waals surface area contributed by atoms with Gasteiger partial charge in [-0.2, -0.15) is 0 Å². The van der Waals surface area contributed by atoms with Crippen molar-refractivity contribution in [2.45, 2.75) is 20.1 Å². The average Bonchev–Trinajstić information content (AvgIpc) is 2.80. The Morgan fingerprint density at radius 1 is 1.38 bits per heavy atom. The van der Waals surface area contributed by atoms with E-state index in [0.717, 1.165) is 10.6 Å². The number of hydrogen-bond donors (Lipinski definition) is 1. The summed E-state index contributed by atoms with van der Waals surface area (Å²) in [4.78, 5) is 5.38. The minimum absolute atomic E-state index is 0.0958. The standard InChI is InChI=1S/C12H13NO2S/c1-9-4-5-12(11(7-14)13-9)15-8-10-3-2-6-16-10/h2-6,14H,7-8H2,1H3. The van der Waals surface area contributed by atoms with Crippen molar-refractivity contribution in [2.75, 3.05) is 0 Å². The van der Waals surface area contributed by atoms with Gasteiger partial charge in [0.05, 0.1) is 6.61 Å². The fraction of sp³-hybridized carbons (Fsp3) is 0.250. The zero-order valence-corrected chi connectivity index (χ0v) is 9.83. The van der Waals surface area contributed by atoms with E-state index in [1.807, 2.05) is 36.6 Å². The largest absolute Gasteiger partial charge is 0.486 e. The molecule has 0 aliphatic rings. The van der Waals surface area contributed by atoms with Gasteiger partial charge >= 0.3 is 0 Å².